The van der Waals surface area contributed by atoms with Gasteiger partial charge in [0.1, 0.15) is 18.1 Å². The van der Waals surface area contributed by atoms with Crippen molar-refractivity contribution >= 4 is 10.9 Å². The Morgan fingerprint density at radius 1 is 0.931 bits per heavy atom. The van der Waals surface area contributed by atoms with Crippen LogP contribution in [-0.2, 0) is 0 Å². The lowest BCUT2D eigenvalue weighted by Gasteiger charge is -2.14. The average molecular weight is 388 g/mol. The average Bonchev–Trinajstić information content (AvgIpc) is 2.75. The zero-order valence-electron chi connectivity index (χ0n) is 16.2. The molecule has 0 aliphatic carbocycles. The highest BCUT2D eigenvalue weighted by Gasteiger charge is 2.15. The molecule has 0 bridgehead atoms. The van der Waals surface area contributed by atoms with E-state index in [1.54, 1.807) is 30.7 Å². The van der Waals surface area contributed by atoms with Crippen molar-refractivity contribution in [2.45, 2.75) is 13.8 Å². The molecular formula is C22H20N4O3. The first kappa shape index (κ1) is 18.8. The molecule has 3 aromatic heterocycles. The number of benzene rings is 1. The van der Waals surface area contributed by atoms with E-state index in [0.717, 1.165) is 22.2 Å². The van der Waals surface area contributed by atoms with Crippen LogP contribution < -0.4 is 9.47 Å². The van der Waals surface area contributed by atoms with Gasteiger partial charge < -0.3 is 14.6 Å². The normalized spacial score (nSPS) is 10.9. The van der Waals surface area contributed by atoms with E-state index in [4.69, 9.17) is 14.6 Å². The summed E-state index contributed by atoms with van der Waals surface area (Å²) in [6.45, 7) is 4.09. The number of nitrogens with zero attached hydrogens (tertiary/aromatic N) is 4. The number of rotatable bonds is 6. The highest BCUT2D eigenvalue weighted by Crippen LogP contribution is 2.35. The lowest BCUT2D eigenvalue weighted by molar-refractivity contribution is 0.201. The van der Waals surface area contributed by atoms with Crippen LogP contribution in [0.25, 0.3) is 22.4 Å². The SMILES string of the molecule is Cc1cc(Oc2ccnc3ccc(OCCO)cc23)c(-c2ncccn2)nc1C. The summed E-state index contributed by atoms with van der Waals surface area (Å²) in [6.07, 6.45) is 5.05. The topological polar surface area (TPSA) is 90.2 Å². The molecule has 0 unspecified atom stereocenters. The van der Waals surface area contributed by atoms with Crippen molar-refractivity contribution in [1.82, 2.24) is 19.9 Å². The van der Waals surface area contributed by atoms with Gasteiger partial charge in [0.2, 0.25) is 0 Å². The van der Waals surface area contributed by atoms with Crippen LogP contribution in [0.15, 0.2) is 55.0 Å². The smallest absolute Gasteiger partial charge is 0.181 e. The quantitative estimate of drug-likeness (QED) is 0.536. The summed E-state index contributed by atoms with van der Waals surface area (Å²) in [5.74, 6) is 2.31. The molecule has 0 fully saturated rings. The van der Waals surface area contributed by atoms with Gasteiger partial charge >= 0.3 is 0 Å². The van der Waals surface area contributed by atoms with E-state index >= 15 is 0 Å². The summed E-state index contributed by atoms with van der Waals surface area (Å²) in [5, 5.41) is 9.79. The summed E-state index contributed by atoms with van der Waals surface area (Å²) >= 11 is 0. The van der Waals surface area contributed by atoms with Crippen molar-refractivity contribution in [2.75, 3.05) is 13.2 Å². The number of ether oxygens (including phenoxy) is 2. The van der Waals surface area contributed by atoms with Gasteiger partial charge in [-0.1, -0.05) is 0 Å². The fourth-order valence-corrected chi connectivity index (χ4v) is 2.90. The van der Waals surface area contributed by atoms with Gasteiger partial charge in [0.15, 0.2) is 17.3 Å². The minimum Gasteiger partial charge on any atom is -0.491 e. The fraction of sp³-hybridized carbons (Fsp3) is 0.182. The van der Waals surface area contributed by atoms with Crippen molar-refractivity contribution in [3.8, 4) is 28.8 Å². The molecule has 0 saturated carbocycles. The maximum absolute atomic E-state index is 9.00. The maximum Gasteiger partial charge on any atom is 0.181 e. The number of aryl methyl sites for hydroxylation is 2. The maximum atomic E-state index is 9.00. The standard InChI is InChI=1S/C22H20N4O3/c1-14-12-20(21(26-15(14)2)22-24-7-3-8-25-22)29-19-6-9-23-18-5-4-16(13-17(18)19)28-11-10-27/h3-9,12-13,27H,10-11H2,1-2H3. The predicted octanol–water partition coefficient (Wildman–Crippen LogP) is 3.87. The first-order valence-electron chi connectivity index (χ1n) is 9.21. The van der Waals surface area contributed by atoms with Crippen LogP contribution >= 0.6 is 0 Å². The molecule has 0 saturated heterocycles. The first-order chi connectivity index (χ1) is 14.2. The Bertz CT molecular complexity index is 1150. The third-order valence-corrected chi connectivity index (χ3v) is 4.46. The second-order valence-electron chi connectivity index (χ2n) is 6.47. The highest BCUT2D eigenvalue weighted by molar-refractivity contribution is 5.86. The Kier molecular flexibility index (Phi) is 5.31. The van der Waals surface area contributed by atoms with Crippen molar-refractivity contribution < 1.29 is 14.6 Å². The van der Waals surface area contributed by atoms with E-state index in [2.05, 4.69) is 19.9 Å². The van der Waals surface area contributed by atoms with Crippen LogP contribution in [0, 0.1) is 13.8 Å². The lowest BCUT2D eigenvalue weighted by atomic mass is 10.1. The largest absolute Gasteiger partial charge is 0.491 e. The van der Waals surface area contributed by atoms with E-state index in [1.807, 2.05) is 38.1 Å². The Hall–Kier alpha value is -3.58. The van der Waals surface area contributed by atoms with Crippen LogP contribution in [0.5, 0.6) is 17.2 Å². The van der Waals surface area contributed by atoms with Crippen molar-refractivity contribution in [3.63, 3.8) is 0 Å². The summed E-state index contributed by atoms with van der Waals surface area (Å²) in [5.41, 5.74) is 3.24. The van der Waals surface area contributed by atoms with Gasteiger partial charge in [-0.15, -0.1) is 0 Å². The fourth-order valence-electron chi connectivity index (χ4n) is 2.90. The molecule has 146 valence electrons. The monoisotopic (exact) mass is 388 g/mol. The Morgan fingerprint density at radius 2 is 1.76 bits per heavy atom. The number of aromatic nitrogens is 4. The zero-order valence-corrected chi connectivity index (χ0v) is 16.2. The highest BCUT2D eigenvalue weighted by atomic mass is 16.5. The van der Waals surface area contributed by atoms with Crippen LogP contribution in [0.2, 0.25) is 0 Å². The van der Waals surface area contributed by atoms with Gasteiger partial charge in [0.25, 0.3) is 0 Å². The van der Waals surface area contributed by atoms with Gasteiger partial charge in [-0.25, -0.2) is 15.0 Å². The minimum absolute atomic E-state index is 0.0524. The van der Waals surface area contributed by atoms with Gasteiger partial charge in [-0.05, 0) is 55.8 Å². The summed E-state index contributed by atoms with van der Waals surface area (Å²) < 4.78 is 11.8. The number of fused-ring (bicyclic) bond motifs is 1. The van der Waals surface area contributed by atoms with E-state index in [9.17, 15) is 0 Å². The molecule has 4 rings (SSSR count). The van der Waals surface area contributed by atoms with Gasteiger partial charge in [0, 0.05) is 29.7 Å². The third-order valence-electron chi connectivity index (χ3n) is 4.46. The molecule has 29 heavy (non-hydrogen) atoms. The van der Waals surface area contributed by atoms with Crippen LogP contribution in [0.4, 0.5) is 0 Å². The molecule has 0 spiro atoms. The van der Waals surface area contributed by atoms with Gasteiger partial charge in [-0.2, -0.15) is 0 Å². The molecule has 0 aliphatic rings. The number of aliphatic hydroxyl groups is 1. The molecule has 0 atom stereocenters. The zero-order chi connectivity index (χ0) is 20.2. The lowest BCUT2D eigenvalue weighted by Crippen LogP contribution is -2.02. The van der Waals surface area contributed by atoms with E-state index in [-0.39, 0.29) is 13.2 Å². The van der Waals surface area contributed by atoms with Crippen molar-refractivity contribution in [2.24, 2.45) is 0 Å². The molecule has 0 aliphatic heterocycles. The first-order valence-corrected chi connectivity index (χ1v) is 9.21. The molecular weight excluding hydrogens is 368 g/mol. The summed E-state index contributed by atoms with van der Waals surface area (Å²) in [4.78, 5) is 17.7. The van der Waals surface area contributed by atoms with Crippen molar-refractivity contribution in [3.05, 3.63) is 66.2 Å². The van der Waals surface area contributed by atoms with E-state index in [0.29, 0.717) is 28.8 Å². The molecule has 7 heteroatoms. The molecule has 1 N–H and O–H groups in total. The van der Waals surface area contributed by atoms with Gasteiger partial charge in [-0.3, -0.25) is 4.98 Å². The molecule has 0 radical (unpaired) electrons. The van der Waals surface area contributed by atoms with Crippen molar-refractivity contribution in [1.29, 1.82) is 0 Å². The third kappa shape index (κ3) is 4.00. The number of aliphatic hydroxyl groups excluding tert-OH is 1. The second kappa shape index (κ2) is 8.20. The predicted molar refractivity (Wildman–Crippen MR) is 109 cm³/mol. The Morgan fingerprint density at radius 3 is 2.55 bits per heavy atom. The minimum atomic E-state index is -0.0524. The van der Waals surface area contributed by atoms with Crippen LogP contribution in [0.1, 0.15) is 11.3 Å². The van der Waals surface area contributed by atoms with Crippen LogP contribution in [-0.4, -0.2) is 38.3 Å². The molecule has 1 aromatic carbocycles. The molecule has 4 aromatic rings. The number of hydrogen-bond acceptors (Lipinski definition) is 7. The van der Waals surface area contributed by atoms with E-state index < -0.39 is 0 Å². The number of hydrogen-bond donors (Lipinski definition) is 1. The van der Waals surface area contributed by atoms with E-state index in [1.165, 1.54) is 0 Å². The Balaban J connectivity index is 1.80. The Labute approximate surface area is 168 Å². The number of pyridine rings is 2. The van der Waals surface area contributed by atoms with Gasteiger partial charge in [0.05, 0.1) is 12.1 Å². The summed E-state index contributed by atoms with van der Waals surface area (Å²) in [6, 6.07) is 11.0. The van der Waals surface area contributed by atoms with Crippen LogP contribution in [0.3, 0.4) is 0 Å². The molecule has 7 nitrogen and oxygen atoms in total. The molecule has 3 heterocycles. The summed E-state index contributed by atoms with van der Waals surface area (Å²) in [7, 11) is 0. The molecule has 0 amide bonds. The second-order valence-corrected chi connectivity index (χ2v) is 6.47.